The number of hydrogen-bond acceptors (Lipinski definition) is 4. The molecule has 0 aliphatic rings. The first-order valence-electron chi connectivity index (χ1n) is 7.54. The number of amides is 1. The molecule has 3 aromatic rings. The van der Waals surface area contributed by atoms with Crippen LogP contribution in [0.25, 0.3) is 5.69 Å². The Morgan fingerprint density at radius 3 is 2.60 bits per heavy atom. The molecule has 1 amide bonds. The molecule has 2 aromatic heterocycles. The molecule has 0 unspecified atom stereocenters. The Bertz CT molecular complexity index is 960. The van der Waals surface area contributed by atoms with Crippen LogP contribution in [0.5, 0.6) is 0 Å². The minimum Gasteiger partial charge on any atom is -0.317 e. The van der Waals surface area contributed by atoms with E-state index in [1.165, 1.54) is 0 Å². The van der Waals surface area contributed by atoms with Crippen molar-refractivity contribution in [1.29, 1.82) is 0 Å². The maximum atomic E-state index is 12.6. The summed E-state index contributed by atoms with van der Waals surface area (Å²) < 4.78 is 3.98. The Morgan fingerprint density at radius 1 is 1.24 bits per heavy atom. The number of Topliss-reactive ketones (excluding diaryl/α,β-unsaturated/α-hetero) is 1. The molecule has 7 nitrogen and oxygen atoms in total. The summed E-state index contributed by atoms with van der Waals surface area (Å²) in [5.74, 6) is -1.33. The highest BCUT2D eigenvalue weighted by molar-refractivity contribution is 9.10. The van der Waals surface area contributed by atoms with Crippen LogP contribution >= 0.6 is 15.9 Å². The number of rotatable bonds is 4. The van der Waals surface area contributed by atoms with E-state index in [1.807, 2.05) is 6.07 Å². The predicted molar refractivity (Wildman–Crippen MR) is 96.9 cm³/mol. The summed E-state index contributed by atoms with van der Waals surface area (Å²) in [6.07, 6.45) is 3.40. The summed E-state index contributed by atoms with van der Waals surface area (Å²) in [7, 11) is 1.74. The van der Waals surface area contributed by atoms with Gasteiger partial charge in [0.25, 0.3) is 11.7 Å². The van der Waals surface area contributed by atoms with Gasteiger partial charge in [-0.2, -0.15) is 10.2 Å². The van der Waals surface area contributed by atoms with E-state index in [0.29, 0.717) is 28.3 Å². The van der Waals surface area contributed by atoms with Gasteiger partial charge in [0.05, 0.1) is 22.6 Å². The first-order chi connectivity index (χ1) is 11.9. The van der Waals surface area contributed by atoms with Gasteiger partial charge in [-0.1, -0.05) is 15.9 Å². The van der Waals surface area contributed by atoms with Crippen molar-refractivity contribution in [3.63, 3.8) is 0 Å². The van der Waals surface area contributed by atoms with E-state index in [1.54, 1.807) is 60.9 Å². The van der Waals surface area contributed by atoms with Gasteiger partial charge in [0.2, 0.25) is 0 Å². The second kappa shape index (κ2) is 6.64. The monoisotopic (exact) mass is 401 g/mol. The lowest BCUT2D eigenvalue weighted by atomic mass is 10.1. The zero-order chi connectivity index (χ0) is 18.1. The number of carbonyl (C=O) groups excluding carboxylic acids is 2. The molecule has 0 bridgehead atoms. The van der Waals surface area contributed by atoms with Gasteiger partial charge >= 0.3 is 0 Å². The standard InChI is InChI=1S/C17H16BrN5O2/c1-10-15(11(2)22(3)21-10)16(24)17(25)20-13-9-12(18)5-6-14(13)23-8-4-7-19-23/h4-9H,1-3H3,(H,20,25). The van der Waals surface area contributed by atoms with Gasteiger partial charge in [-0.15, -0.1) is 0 Å². The lowest BCUT2D eigenvalue weighted by molar-refractivity contribution is -0.112. The smallest absolute Gasteiger partial charge is 0.296 e. The normalized spacial score (nSPS) is 10.7. The van der Waals surface area contributed by atoms with Crippen molar-refractivity contribution in [3.8, 4) is 5.69 Å². The molecule has 0 aliphatic heterocycles. The van der Waals surface area contributed by atoms with Gasteiger partial charge < -0.3 is 5.32 Å². The third kappa shape index (κ3) is 3.25. The highest BCUT2D eigenvalue weighted by Crippen LogP contribution is 2.25. The second-order valence-corrected chi connectivity index (χ2v) is 6.48. The summed E-state index contributed by atoms with van der Waals surface area (Å²) in [6, 6.07) is 7.15. The van der Waals surface area contributed by atoms with E-state index < -0.39 is 11.7 Å². The van der Waals surface area contributed by atoms with Gasteiger partial charge in [0.15, 0.2) is 0 Å². The van der Waals surface area contributed by atoms with E-state index in [4.69, 9.17) is 0 Å². The molecule has 0 radical (unpaired) electrons. The Balaban J connectivity index is 1.93. The minimum atomic E-state index is -0.717. The van der Waals surface area contributed by atoms with E-state index >= 15 is 0 Å². The van der Waals surface area contributed by atoms with E-state index in [9.17, 15) is 9.59 Å². The molecule has 3 rings (SSSR count). The van der Waals surface area contributed by atoms with Crippen LogP contribution in [0.15, 0.2) is 41.1 Å². The zero-order valence-corrected chi connectivity index (χ0v) is 15.5. The Kier molecular flexibility index (Phi) is 4.54. The number of aryl methyl sites for hydroxylation is 2. The van der Waals surface area contributed by atoms with Crippen LogP contribution in [0.1, 0.15) is 21.7 Å². The maximum absolute atomic E-state index is 12.6. The van der Waals surface area contributed by atoms with Crippen LogP contribution in [-0.2, 0) is 11.8 Å². The third-order valence-corrected chi connectivity index (χ3v) is 4.39. The zero-order valence-electron chi connectivity index (χ0n) is 13.9. The van der Waals surface area contributed by atoms with Crippen molar-refractivity contribution in [2.24, 2.45) is 7.05 Å². The molecule has 0 fully saturated rings. The molecule has 0 saturated heterocycles. The van der Waals surface area contributed by atoms with Crippen molar-refractivity contribution in [3.05, 3.63) is 58.1 Å². The molecule has 0 atom stereocenters. The van der Waals surface area contributed by atoms with Gasteiger partial charge in [0, 0.05) is 29.6 Å². The van der Waals surface area contributed by atoms with Gasteiger partial charge in [-0.3, -0.25) is 14.3 Å². The fraction of sp³-hybridized carbons (Fsp3) is 0.176. The van der Waals surface area contributed by atoms with E-state index in [-0.39, 0.29) is 0 Å². The van der Waals surface area contributed by atoms with Crippen LogP contribution in [0.2, 0.25) is 0 Å². The molecular formula is C17H16BrN5O2. The van der Waals surface area contributed by atoms with Gasteiger partial charge in [-0.05, 0) is 38.1 Å². The molecule has 1 aromatic carbocycles. The van der Waals surface area contributed by atoms with E-state index in [2.05, 4.69) is 31.4 Å². The number of anilines is 1. The molecule has 1 N–H and O–H groups in total. The fourth-order valence-electron chi connectivity index (χ4n) is 2.61. The topological polar surface area (TPSA) is 81.8 Å². The molecule has 128 valence electrons. The summed E-state index contributed by atoms with van der Waals surface area (Å²) in [5.41, 5.74) is 2.65. The third-order valence-electron chi connectivity index (χ3n) is 3.90. The molecular weight excluding hydrogens is 386 g/mol. The van der Waals surface area contributed by atoms with Gasteiger partial charge in [0.1, 0.15) is 0 Å². The largest absolute Gasteiger partial charge is 0.317 e. The Hall–Kier alpha value is -2.74. The highest BCUT2D eigenvalue weighted by atomic mass is 79.9. The average molecular weight is 402 g/mol. The molecule has 0 saturated carbocycles. The fourth-order valence-corrected chi connectivity index (χ4v) is 2.98. The summed E-state index contributed by atoms with van der Waals surface area (Å²) in [5, 5.41) is 11.0. The number of carbonyl (C=O) groups is 2. The number of halogens is 1. The number of nitrogens with one attached hydrogen (secondary N) is 1. The number of aromatic nitrogens is 4. The minimum absolute atomic E-state index is 0.329. The number of nitrogens with zero attached hydrogens (tertiary/aromatic N) is 4. The lowest BCUT2D eigenvalue weighted by Gasteiger charge is -2.11. The van der Waals surface area contributed by atoms with Crippen LogP contribution in [0.4, 0.5) is 5.69 Å². The van der Waals surface area contributed by atoms with Crippen molar-refractivity contribution in [2.75, 3.05) is 5.32 Å². The first kappa shape index (κ1) is 17.1. The van der Waals surface area contributed by atoms with Gasteiger partial charge in [-0.25, -0.2) is 4.68 Å². The molecule has 2 heterocycles. The van der Waals surface area contributed by atoms with Crippen molar-refractivity contribution >= 4 is 33.3 Å². The summed E-state index contributed by atoms with van der Waals surface area (Å²) >= 11 is 3.38. The number of benzene rings is 1. The van der Waals surface area contributed by atoms with Crippen molar-refractivity contribution in [2.45, 2.75) is 13.8 Å². The number of hydrogen-bond donors (Lipinski definition) is 1. The highest BCUT2D eigenvalue weighted by Gasteiger charge is 2.24. The SMILES string of the molecule is Cc1nn(C)c(C)c1C(=O)C(=O)Nc1cc(Br)ccc1-n1cccn1. The van der Waals surface area contributed by atoms with Crippen molar-refractivity contribution < 1.29 is 9.59 Å². The van der Waals surface area contributed by atoms with E-state index in [0.717, 1.165) is 4.47 Å². The summed E-state index contributed by atoms with van der Waals surface area (Å²) in [6.45, 7) is 3.47. The molecule has 8 heteroatoms. The lowest BCUT2D eigenvalue weighted by Crippen LogP contribution is -2.24. The summed E-state index contributed by atoms with van der Waals surface area (Å²) in [4.78, 5) is 25.1. The predicted octanol–water partition coefficient (Wildman–Crippen LogP) is 2.81. The van der Waals surface area contributed by atoms with Crippen molar-refractivity contribution in [1.82, 2.24) is 19.6 Å². The first-order valence-corrected chi connectivity index (χ1v) is 8.33. The molecule has 0 spiro atoms. The van der Waals surface area contributed by atoms with Crippen LogP contribution in [-0.4, -0.2) is 31.3 Å². The number of ketones is 1. The Labute approximate surface area is 152 Å². The quantitative estimate of drug-likeness (QED) is 0.538. The average Bonchev–Trinajstić information content (AvgIpc) is 3.16. The Morgan fingerprint density at radius 2 is 2.00 bits per heavy atom. The molecule has 0 aliphatic carbocycles. The van der Waals surface area contributed by atoms with Crippen LogP contribution < -0.4 is 5.32 Å². The van der Waals surface area contributed by atoms with Crippen LogP contribution in [0, 0.1) is 13.8 Å². The van der Waals surface area contributed by atoms with Crippen LogP contribution in [0.3, 0.4) is 0 Å². The molecule has 25 heavy (non-hydrogen) atoms. The second-order valence-electron chi connectivity index (χ2n) is 5.56. The maximum Gasteiger partial charge on any atom is 0.296 e.